The average Bonchev–Trinajstić information content (AvgIpc) is 2.47. The highest BCUT2D eigenvalue weighted by molar-refractivity contribution is 5.79. The summed E-state index contributed by atoms with van der Waals surface area (Å²) in [5.41, 5.74) is -0.446. The first-order valence-electron chi connectivity index (χ1n) is 9.04. The van der Waals surface area contributed by atoms with Gasteiger partial charge in [0.1, 0.15) is 11.4 Å². The molecule has 2 saturated heterocycles. The van der Waals surface area contributed by atoms with Gasteiger partial charge in [0.15, 0.2) is 0 Å². The Bertz CT molecular complexity index is 403. The van der Waals surface area contributed by atoms with Crippen LogP contribution in [0.2, 0.25) is 0 Å². The van der Waals surface area contributed by atoms with Crippen LogP contribution < -0.4 is 5.32 Å². The van der Waals surface area contributed by atoms with E-state index in [1.807, 2.05) is 20.8 Å². The zero-order valence-electron chi connectivity index (χ0n) is 14.9. The predicted octanol–water partition coefficient (Wildman–Crippen LogP) is 2.98. The third-order valence-electron chi connectivity index (χ3n) is 4.76. The van der Waals surface area contributed by atoms with Crippen molar-refractivity contribution in [1.82, 2.24) is 10.2 Å². The molecule has 0 unspecified atom stereocenters. The van der Waals surface area contributed by atoms with Gasteiger partial charge in [0, 0.05) is 25.9 Å². The number of likely N-dealkylation sites (tertiary alicyclic amines) is 1. The van der Waals surface area contributed by atoms with Crippen molar-refractivity contribution < 1.29 is 14.3 Å². The summed E-state index contributed by atoms with van der Waals surface area (Å²) in [6, 6.07) is 0. The maximum Gasteiger partial charge on any atom is 0.410 e. The molecule has 5 nitrogen and oxygen atoms in total. The lowest BCUT2D eigenvalue weighted by molar-refractivity contribution is -0.121. The van der Waals surface area contributed by atoms with Crippen molar-refractivity contribution in [2.24, 2.45) is 11.8 Å². The standard InChI is InChI=1S/C18H32N2O3/c1-18(2,3)23-17(22)20-10-6-15(7-11-20)13-16(21)12-14-4-8-19-9-5-14/h14-15,19H,4-13H2,1-3H3. The molecule has 0 aromatic rings. The van der Waals surface area contributed by atoms with Gasteiger partial charge in [-0.2, -0.15) is 0 Å². The molecule has 2 aliphatic rings. The topological polar surface area (TPSA) is 58.6 Å². The first-order chi connectivity index (χ1) is 10.8. The van der Waals surface area contributed by atoms with Crippen LogP contribution in [0.4, 0.5) is 4.79 Å². The summed E-state index contributed by atoms with van der Waals surface area (Å²) < 4.78 is 5.41. The van der Waals surface area contributed by atoms with E-state index in [2.05, 4.69) is 5.32 Å². The highest BCUT2D eigenvalue weighted by Gasteiger charge is 2.28. The molecule has 0 saturated carbocycles. The molecule has 1 N–H and O–H groups in total. The number of carbonyl (C=O) groups excluding carboxylic acids is 2. The zero-order chi connectivity index (χ0) is 16.9. The van der Waals surface area contributed by atoms with Gasteiger partial charge in [0.05, 0.1) is 0 Å². The molecule has 0 aliphatic carbocycles. The van der Waals surface area contributed by atoms with Crippen LogP contribution in [0.1, 0.15) is 59.3 Å². The molecule has 2 fully saturated rings. The maximum absolute atomic E-state index is 12.3. The van der Waals surface area contributed by atoms with Gasteiger partial charge in [-0.15, -0.1) is 0 Å². The van der Waals surface area contributed by atoms with Crippen molar-refractivity contribution in [3.05, 3.63) is 0 Å². The highest BCUT2D eigenvalue weighted by atomic mass is 16.6. The van der Waals surface area contributed by atoms with Gasteiger partial charge in [-0.25, -0.2) is 4.79 Å². The van der Waals surface area contributed by atoms with Crippen molar-refractivity contribution in [3.8, 4) is 0 Å². The number of hydrogen-bond donors (Lipinski definition) is 1. The molecular formula is C18H32N2O3. The molecule has 0 aromatic carbocycles. The van der Waals surface area contributed by atoms with Gasteiger partial charge in [-0.1, -0.05) is 0 Å². The molecule has 0 bridgehead atoms. The summed E-state index contributed by atoms with van der Waals surface area (Å²) in [5, 5.41) is 3.34. The lowest BCUT2D eigenvalue weighted by Gasteiger charge is -2.33. The Hall–Kier alpha value is -1.10. The van der Waals surface area contributed by atoms with Crippen LogP contribution >= 0.6 is 0 Å². The van der Waals surface area contributed by atoms with Gasteiger partial charge in [0.25, 0.3) is 0 Å². The van der Waals surface area contributed by atoms with E-state index in [9.17, 15) is 9.59 Å². The van der Waals surface area contributed by atoms with E-state index in [-0.39, 0.29) is 6.09 Å². The van der Waals surface area contributed by atoms with Crippen molar-refractivity contribution >= 4 is 11.9 Å². The first-order valence-corrected chi connectivity index (χ1v) is 9.04. The molecule has 1 amide bonds. The van der Waals surface area contributed by atoms with Crippen LogP contribution in [-0.2, 0) is 9.53 Å². The van der Waals surface area contributed by atoms with Gasteiger partial charge in [-0.05, 0) is 71.4 Å². The largest absolute Gasteiger partial charge is 0.444 e. The number of nitrogens with one attached hydrogen (secondary N) is 1. The monoisotopic (exact) mass is 324 g/mol. The highest BCUT2D eigenvalue weighted by Crippen LogP contribution is 2.25. The summed E-state index contributed by atoms with van der Waals surface area (Å²) in [4.78, 5) is 26.1. The average molecular weight is 324 g/mol. The summed E-state index contributed by atoms with van der Waals surface area (Å²) in [7, 11) is 0. The van der Waals surface area contributed by atoms with Gasteiger partial charge < -0.3 is 15.0 Å². The normalized spacial score (nSPS) is 21.3. The minimum Gasteiger partial charge on any atom is -0.444 e. The summed E-state index contributed by atoms with van der Waals surface area (Å²) >= 11 is 0. The number of Topliss-reactive ketones (excluding diaryl/α,β-unsaturated/α-hetero) is 1. The molecule has 2 aliphatic heterocycles. The van der Waals surface area contributed by atoms with E-state index >= 15 is 0 Å². The minimum atomic E-state index is -0.446. The Balaban J connectivity index is 1.67. The Morgan fingerprint density at radius 3 is 2.04 bits per heavy atom. The molecule has 2 rings (SSSR count). The second-order valence-electron chi connectivity index (χ2n) is 8.05. The van der Waals surface area contributed by atoms with Crippen LogP contribution in [-0.4, -0.2) is 48.6 Å². The maximum atomic E-state index is 12.3. The number of hydrogen-bond acceptors (Lipinski definition) is 4. The van der Waals surface area contributed by atoms with Gasteiger partial charge in [-0.3, -0.25) is 4.79 Å². The number of ketones is 1. The number of carbonyl (C=O) groups is 2. The van der Waals surface area contributed by atoms with Gasteiger partial charge in [0.2, 0.25) is 0 Å². The van der Waals surface area contributed by atoms with E-state index in [1.54, 1.807) is 4.90 Å². The number of amides is 1. The SMILES string of the molecule is CC(C)(C)OC(=O)N1CCC(CC(=O)CC2CCNCC2)CC1. The Labute approximate surface area is 140 Å². The molecule has 5 heteroatoms. The summed E-state index contributed by atoms with van der Waals surface area (Å²) in [6.07, 6.45) is 5.29. The fourth-order valence-corrected chi connectivity index (χ4v) is 3.46. The van der Waals surface area contributed by atoms with Crippen LogP contribution in [0, 0.1) is 11.8 Å². The Kier molecular flexibility index (Phi) is 6.45. The quantitative estimate of drug-likeness (QED) is 0.864. The van der Waals surface area contributed by atoms with Crippen LogP contribution in [0.15, 0.2) is 0 Å². The molecule has 23 heavy (non-hydrogen) atoms. The van der Waals surface area contributed by atoms with Crippen molar-refractivity contribution in [1.29, 1.82) is 0 Å². The fraction of sp³-hybridized carbons (Fsp3) is 0.889. The van der Waals surface area contributed by atoms with Crippen molar-refractivity contribution in [2.75, 3.05) is 26.2 Å². The summed E-state index contributed by atoms with van der Waals surface area (Å²) in [5.74, 6) is 1.42. The smallest absolute Gasteiger partial charge is 0.410 e. The third-order valence-corrected chi connectivity index (χ3v) is 4.76. The van der Waals surface area contributed by atoms with E-state index in [0.29, 0.717) is 37.1 Å². The molecule has 2 heterocycles. The van der Waals surface area contributed by atoms with Crippen LogP contribution in [0.5, 0.6) is 0 Å². The minimum absolute atomic E-state index is 0.225. The van der Waals surface area contributed by atoms with Crippen molar-refractivity contribution in [2.45, 2.75) is 64.9 Å². The molecular weight excluding hydrogens is 292 g/mol. The summed E-state index contributed by atoms with van der Waals surface area (Å²) in [6.45, 7) is 9.17. The number of ether oxygens (including phenoxy) is 1. The lowest BCUT2D eigenvalue weighted by atomic mass is 9.86. The lowest BCUT2D eigenvalue weighted by Crippen LogP contribution is -2.42. The molecule has 0 atom stereocenters. The van der Waals surface area contributed by atoms with E-state index < -0.39 is 5.60 Å². The second kappa shape index (κ2) is 8.13. The first kappa shape index (κ1) is 18.2. The predicted molar refractivity (Wildman–Crippen MR) is 90.4 cm³/mol. The molecule has 0 aromatic heterocycles. The number of nitrogens with zero attached hydrogens (tertiary/aromatic N) is 1. The molecule has 132 valence electrons. The second-order valence-corrected chi connectivity index (χ2v) is 8.05. The Morgan fingerprint density at radius 1 is 1.00 bits per heavy atom. The van der Waals surface area contributed by atoms with E-state index in [1.165, 1.54) is 0 Å². The fourth-order valence-electron chi connectivity index (χ4n) is 3.46. The van der Waals surface area contributed by atoms with Crippen LogP contribution in [0.25, 0.3) is 0 Å². The Morgan fingerprint density at radius 2 is 1.52 bits per heavy atom. The molecule has 0 radical (unpaired) electrons. The van der Waals surface area contributed by atoms with E-state index in [4.69, 9.17) is 4.74 Å². The molecule has 0 spiro atoms. The zero-order valence-corrected chi connectivity index (χ0v) is 14.9. The van der Waals surface area contributed by atoms with Crippen molar-refractivity contribution in [3.63, 3.8) is 0 Å². The number of piperidine rings is 2. The van der Waals surface area contributed by atoms with E-state index in [0.717, 1.165) is 45.2 Å². The van der Waals surface area contributed by atoms with Crippen LogP contribution in [0.3, 0.4) is 0 Å². The third kappa shape index (κ3) is 6.50. The van der Waals surface area contributed by atoms with Gasteiger partial charge >= 0.3 is 6.09 Å². The number of rotatable bonds is 4.